The third-order valence-corrected chi connectivity index (χ3v) is 2.39. The minimum atomic E-state index is -0.195. The maximum atomic E-state index is 11.6. The summed E-state index contributed by atoms with van der Waals surface area (Å²) in [6.07, 6.45) is 1.66. The van der Waals surface area contributed by atoms with Crippen LogP contribution in [0.15, 0.2) is 16.7 Å². The van der Waals surface area contributed by atoms with Crippen LogP contribution in [-0.2, 0) is 4.74 Å². The molecule has 0 radical (unpaired) electrons. The predicted molar refractivity (Wildman–Crippen MR) is 60.9 cm³/mol. The molecule has 0 fully saturated rings. The first-order chi connectivity index (χ1) is 7.15. The van der Waals surface area contributed by atoms with Gasteiger partial charge in [0.15, 0.2) is 0 Å². The fourth-order valence-electron chi connectivity index (χ4n) is 1.05. The van der Waals surface area contributed by atoms with Gasteiger partial charge in [0.1, 0.15) is 5.69 Å². The van der Waals surface area contributed by atoms with Crippen molar-refractivity contribution in [2.24, 2.45) is 0 Å². The minimum absolute atomic E-state index is 0.195. The van der Waals surface area contributed by atoms with Crippen LogP contribution >= 0.6 is 15.9 Å². The van der Waals surface area contributed by atoms with Gasteiger partial charge in [-0.1, -0.05) is 0 Å². The molecular formula is C10H13BrN2O2. The fourth-order valence-corrected chi connectivity index (χ4v) is 1.69. The van der Waals surface area contributed by atoms with Gasteiger partial charge >= 0.3 is 0 Å². The Balaban J connectivity index is 2.65. The number of carbonyl (C=O) groups excluding carboxylic acids is 1. The zero-order chi connectivity index (χ0) is 11.3. The van der Waals surface area contributed by atoms with E-state index in [1.54, 1.807) is 13.3 Å². The van der Waals surface area contributed by atoms with Crippen LogP contribution in [-0.4, -0.2) is 31.2 Å². The summed E-state index contributed by atoms with van der Waals surface area (Å²) in [5, 5.41) is 2.70. The molecule has 82 valence electrons. The Morgan fingerprint density at radius 3 is 3.00 bits per heavy atom. The lowest BCUT2D eigenvalue weighted by molar-refractivity contribution is 0.0931. The number of nitrogens with one attached hydrogen (secondary N) is 1. The summed E-state index contributed by atoms with van der Waals surface area (Å²) < 4.78 is 5.54. The quantitative estimate of drug-likeness (QED) is 0.846. The molecule has 0 spiro atoms. The highest BCUT2D eigenvalue weighted by Gasteiger charge is 2.10. The maximum Gasteiger partial charge on any atom is 0.271 e. The first-order valence-corrected chi connectivity index (χ1v) is 5.33. The van der Waals surface area contributed by atoms with Crippen molar-refractivity contribution in [3.63, 3.8) is 0 Å². The van der Waals surface area contributed by atoms with Gasteiger partial charge in [0, 0.05) is 24.3 Å². The molecule has 0 saturated heterocycles. The Morgan fingerprint density at radius 2 is 2.40 bits per heavy atom. The highest BCUT2D eigenvalue weighted by Crippen LogP contribution is 2.15. The lowest BCUT2D eigenvalue weighted by atomic mass is 10.2. The second-order valence-electron chi connectivity index (χ2n) is 3.09. The molecule has 15 heavy (non-hydrogen) atoms. The fraction of sp³-hybridized carbons (Fsp3) is 0.400. The molecule has 1 amide bonds. The molecule has 5 heteroatoms. The van der Waals surface area contributed by atoms with Crippen LogP contribution in [0.4, 0.5) is 0 Å². The number of nitrogens with zero attached hydrogens (tertiary/aromatic N) is 1. The van der Waals surface area contributed by atoms with E-state index in [4.69, 9.17) is 4.74 Å². The summed E-state index contributed by atoms with van der Waals surface area (Å²) in [7, 11) is 1.59. The van der Waals surface area contributed by atoms with Gasteiger partial charge in [0.2, 0.25) is 0 Å². The van der Waals surface area contributed by atoms with Gasteiger partial charge < -0.3 is 10.1 Å². The number of methoxy groups -OCH3 is 1. The second-order valence-corrected chi connectivity index (χ2v) is 3.95. The van der Waals surface area contributed by atoms with E-state index in [1.165, 1.54) is 0 Å². The van der Waals surface area contributed by atoms with E-state index in [1.807, 2.05) is 13.0 Å². The first kappa shape index (κ1) is 12.1. The Morgan fingerprint density at radius 1 is 1.67 bits per heavy atom. The average Bonchev–Trinajstić information content (AvgIpc) is 2.17. The summed E-state index contributed by atoms with van der Waals surface area (Å²) in [6, 6.07) is 1.86. The minimum Gasteiger partial charge on any atom is -0.383 e. The molecule has 0 bridgehead atoms. The molecule has 1 heterocycles. The van der Waals surface area contributed by atoms with Crippen molar-refractivity contribution >= 4 is 21.8 Å². The summed E-state index contributed by atoms with van der Waals surface area (Å²) >= 11 is 3.30. The Labute approximate surface area is 97.2 Å². The lowest BCUT2D eigenvalue weighted by Gasteiger charge is -2.05. The maximum absolute atomic E-state index is 11.6. The molecule has 1 aromatic rings. The number of pyridine rings is 1. The van der Waals surface area contributed by atoms with Crippen molar-refractivity contribution in [2.45, 2.75) is 6.92 Å². The van der Waals surface area contributed by atoms with Crippen LogP contribution < -0.4 is 5.32 Å². The Kier molecular flexibility index (Phi) is 4.71. The van der Waals surface area contributed by atoms with Crippen LogP contribution in [0.1, 0.15) is 16.1 Å². The zero-order valence-electron chi connectivity index (χ0n) is 8.71. The van der Waals surface area contributed by atoms with Crippen molar-refractivity contribution in [1.82, 2.24) is 10.3 Å². The molecule has 0 aliphatic rings. The number of amides is 1. The molecule has 0 saturated carbocycles. The van der Waals surface area contributed by atoms with E-state index in [2.05, 4.69) is 26.2 Å². The van der Waals surface area contributed by atoms with E-state index >= 15 is 0 Å². The Hall–Kier alpha value is -0.940. The lowest BCUT2D eigenvalue weighted by Crippen LogP contribution is -2.28. The number of aryl methyl sites for hydroxylation is 1. The molecule has 0 aromatic carbocycles. The van der Waals surface area contributed by atoms with E-state index in [-0.39, 0.29) is 5.91 Å². The van der Waals surface area contributed by atoms with Crippen LogP contribution in [0, 0.1) is 6.92 Å². The molecular weight excluding hydrogens is 260 g/mol. The van der Waals surface area contributed by atoms with E-state index < -0.39 is 0 Å². The van der Waals surface area contributed by atoms with Crippen molar-refractivity contribution in [3.05, 3.63) is 28.0 Å². The zero-order valence-corrected chi connectivity index (χ0v) is 10.3. The monoisotopic (exact) mass is 272 g/mol. The second kappa shape index (κ2) is 5.82. The highest BCUT2D eigenvalue weighted by atomic mass is 79.9. The van der Waals surface area contributed by atoms with E-state index in [0.29, 0.717) is 23.3 Å². The summed E-state index contributed by atoms with van der Waals surface area (Å²) in [4.78, 5) is 15.6. The number of hydrogen-bond donors (Lipinski definition) is 1. The smallest absolute Gasteiger partial charge is 0.271 e. The van der Waals surface area contributed by atoms with Crippen LogP contribution in [0.3, 0.4) is 0 Å². The first-order valence-electron chi connectivity index (χ1n) is 4.54. The average molecular weight is 273 g/mol. The van der Waals surface area contributed by atoms with Crippen molar-refractivity contribution in [2.75, 3.05) is 20.3 Å². The van der Waals surface area contributed by atoms with Gasteiger partial charge in [0.05, 0.1) is 6.61 Å². The number of carbonyl (C=O) groups is 1. The standard InChI is InChI=1S/C10H13BrN2O2/c1-7-5-8(11)9(13-6-7)10(14)12-3-4-15-2/h5-6H,3-4H2,1-2H3,(H,12,14). The normalized spacial score (nSPS) is 10.1. The third-order valence-electron chi connectivity index (χ3n) is 1.78. The summed E-state index contributed by atoms with van der Waals surface area (Å²) in [6.45, 7) is 2.90. The van der Waals surface area contributed by atoms with Gasteiger partial charge in [-0.2, -0.15) is 0 Å². The van der Waals surface area contributed by atoms with Gasteiger partial charge in [-0.25, -0.2) is 4.98 Å². The number of rotatable bonds is 4. The summed E-state index contributed by atoms with van der Waals surface area (Å²) in [5.74, 6) is -0.195. The van der Waals surface area contributed by atoms with Crippen molar-refractivity contribution < 1.29 is 9.53 Å². The molecule has 1 N–H and O–H groups in total. The molecule has 1 rings (SSSR count). The van der Waals surface area contributed by atoms with Crippen LogP contribution in [0.5, 0.6) is 0 Å². The highest BCUT2D eigenvalue weighted by molar-refractivity contribution is 9.10. The Bertz CT molecular complexity index is 355. The van der Waals surface area contributed by atoms with Gasteiger partial charge in [-0.05, 0) is 34.5 Å². The molecule has 1 aromatic heterocycles. The van der Waals surface area contributed by atoms with E-state index in [0.717, 1.165) is 5.56 Å². The summed E-state index contributed by atoms with van der Waals surface area (Å²) in [5.41, 5.74) is 1.41. The topological polar surface area (TPSA) is 51.2 Å². The number of aromatic nitrogens is 1. The SMILES string of the molecule is COCCNC(=O)c1ncc(C)cc1Br. The van der Waals surface area contributed by atoms with E-state index in [9.17, 15) is 4.79 Å². The number of ether oxygens (including phenoxy) is 1. The van der Waals surface area contributed by atoms with Crippen molar-refractivity contribution in [1.29, 1.82) is 0 Å². The largest absolute Gasteiger partial charge is 0.383 e. The molecule has 0 aliphatic carbocycles. The molecule has 0 aliphatic heterocycles. The van der Waals surface area contributed by atoms with Gasteiger partial charge in [-0.3, -0.25) is 4.79 Å². The van der Waals surface area contributed by atoms with Gasteiger partial charge in [-0.15, -0.1) is 0 Å². The third kappa shape index (κ3) is 3.60. The molecule has 0 unspecified atom stereocenters. The number of hydrogen-bond acceptors (Lipinski definition) is 3. The molecule has 0 atom stereocenters. The molecule has 4 nitrogen and oxygen atoms in total. The van der Waals surface area contributed by atoms with Gasteiger partial charge in [0.25, 0.3) is 5.91 Å². The number of halogens is 1. The van der Waals surface area contributed by atoms with Crippen molar-refractivity contribution in [3.8, 4) is 0 Å². The van der Waals surface area contributed by atoms with Crippen LogP contribution in [0.2, 0.25) is 0 Å². The van der Waals surface area contributed by atoms with Crippen LogP contribution in [0.25, 0.3) is 0 Å². The predicted octanol–water partition coefficient (Wildman–Crippen LogP) is 1.53.